The standard InChI is InChI=1S/C14H16Cl2N2O/c15-11-3-4-13(12(16)9-11)17-5-7-18(8-6-17)14(19)10-1-2-10/h3-4,9-10H,1-2,5-8H2. The van der Waals surface area contributed by atoms with E-state index in [2.05, 4.69) is 4.90 Å². The van der Waals surface area contributed by atoms with Crippen LogP contribution in [0.25, 0.3) is 0 Å². The first kappa shape index (κ1) is 13.1. The summed E-state index contributed by atoms with van der Waals surface area (Å²) in [5.41, 5.74) is 1.00. The third-order valence-electron chi connectivity index (χ3n) is 3.77. The molecule has 0 N–H and O–H groups in total. The maximum atomic E-state index is 12.0. The fourth-order valence-corrected chi connectivity index (χ4v) is 3.02. The van der Waals surface area contributed by atoms with E-state index in [0.717, 1.165) is 44.7 Å². The third kappa shape index (κ3) is 2.82. The quantitative estimate of drug-likeness (QED) is 0.838. The zero-order valence-corrected chi connectivity index (χ0v) is 12.1. The van der Waals surface area contributed by atoms with Gasteiger partial charge in [-0.2, -0.15) is 0 Å². The van der Waals surface area contributed by atoms with Crippen molar-refractivity contribution < 1.29 is 4.79 Å². The Labute approximate surface area is 123 Å². The van der Waals surface area contributed by atoms with Crippen LogP contribution in [0, 0.1) is 5.92 Å². The number of hydrogen-bond acceptors (Lipinski definition) is 2. The van der Waals surface area contributed by atoms with Crippen molar-refractivity contribution in [2.24, 2.45) is 5.92 Å². The summed E-state index contributed by atoms with van der Waals surface area (Å²) in [6.07, 6.45) is 2.14. The number of benzene rings is 1. The molecule has 1 aromatic rings. The molecule has 0 radical (unpaired) electrons. The summed E-state index contributed by atoms with van der Waals surface area (Å²) in [4.78, 5) is 16.2. The molecule has 1 saturated heterocycles. The van der Waals surface area contributed by atoms with Crippen molar-refractivity contribution in [2.75, 3.05) is 31.1 Å². The van der Waals surface area contributed by atoms with Gasteiger partial charge in [0.2, 0.25) is 5.91 Å². The molecule has 2 fully saturated rings. The Morgan fingerprint density at radius 2 is 1.79 bits per heavy atom. The zero-order chi connectivity index (χ0) is 13.4. The molecule has 1 amide bonds. The van der Waals surface area contributed by atoms with E-state index in [1.165, 1.54) is 0 Å². The topological polar surface area (TPSA) is 23.6 Å². The highest BCUT2D eigenvalue weighted by Crippen LogP contribution is 2.32. The lowest BCUT2D eigenvalue weighted by molar-refractivity contribution is -0.132. The van der Waals surface area contributed by atoms with Gasteiger partial charge in [0.25, 0.3) is 0 Å². The van der Waals surface area contributed by atoms with E-state index in [4.69, 9.17) is 23.2 Å². The van der Waals surface area contributed by atoms with Crippen LogP contribution in [0.1, 0.15) is 12.8 Å². The summed E-state index contributed by atoms with van der Waals surface area (Å²) in [5.74, 6) is 0.646. The number of hydrogen-bond donors (Lipinski definition) is 0. The van der Waals surface area contributed by atoms with E-state index in [-0.39, 0.29) is 0 Å². The van der Waals surface area contributed by atoms with Crippen molar-refractivity contribution in [3.05, 3.63) is 28.2 Å². The third-order valence-corrected chi connectivity index (χ3v) is 4.31. The fourth-order valence-electron chi connectivity index (χ4n) is 2.49. The monoisotopic (exact) mass is 298 g/mol. The van der Waals surface area contributed by atoms with Crippen LogP contribution >= 0.6 is 23.2 Å². The van der Waals surface area contributed by atoms with Crippen LogP contribution in [-0.4, -0.2) is 37.0 Å². The van der Waals surface area contributed by atoms with E-state index in [1.807, 2.05) is 17.0 Å². The van der Waals surface area contributed by atoms with Gasteiger partial charge < -0.3 is 9.80 Å². The molecular formula is C14H16Cl2N2O. The maximum absolute atomic E-state index is 12.0. The van der Waals surface area contributed by atoms with Crippen molar-refractivity contribution in [3.63, 3.8) is 0 Å². The molecule has 19 heavy (non-hydrogen) atoms. The van der Waals surface area contributed by atoms with Crippen LogP contribution in [0.4, 0.5) is 5.69 Å². The van der Waals surface area contributed by atoms with Gasteiger partial charge in [-0.1, -0.05) is 23.2 Å². The van der Waals surface area contributed by atoms with Crippen molar-refractivity contribution in [1.29, 1.82) is 0 Å². The Hall–Kier alpha value is -0.930. The largest absolute Gasteiger partial charge is 0.367 e. The fraction of sp³-hybridized carbons (Fsp3) is 0.500. The highest BCUT2D eigenvalue weighted by Gasteiger charge is 2.34. The molecule has 0 aromatic heterocycles. The van der Waals surface area contributed by atoms with Crippen molar-refractivity contribution in [2.45, 2.75) is 12.8 Å². The second-order valence-corrected chi connectivity index (χ2v) is 6.03. The van der Waals surface area contributed by atoms with Crippen LogP contribution < -0.4 is 4.90 Å². The number of halogens is 2. The lowest BCUT2D eigenvalue weighted by Crippen LogP contribution is -2.49. The molecule has 102 valence electrons. The molecule has 0 unspecified atom stereocenters. The second-order valence-electron chi connectivity index (χ2n) is 5.18. The molecule has 1 aliphatic heterocycles. The van der Waals surface area contributed by atoms with E-state index in [0.29, 0.717) is 21.9 Å². The Morgan fingerprint density at radius 1 is 1.11 bits per heavy atom. The van der Waals surface area contributed by atoms with Gasteiger partial charge in [0.15, 0.2) is 0 Å². The van der Waals surface area contributed by atoms with Crippen molar-refractivity contribution >= 4 is 34.8 Å². The first-order valence-electron chi connectivity index (χ1n) is 6.64. The smallest absolute Gasteiger partial charge is 0.225 e. The van der Waals surface area contributed by atoms with Crippen molar-refractivity contribution in [3.8, 4) is 0 Å². The lowest BCUT2D eigenvalue weighted by Gasteiger charge is -2.36. The number of carbonyl (C=O) groups is 1. The molecule has 5 heteroatoms. The minimum absolute atomic E-state index is 0.311. The minimum atomic E-state index is 0.311. The number of rotatable bonds is 2. The van der Waals surface area contributed by atoms with Gasteiger partial charge in [-0.05, 0) is 31.0 Å². The number of nitrogens with zero attached hydrogens (tertiary/aromatic N) is 2. The second kappa shape index (κ2) is 5.22. The Bertz CT molecular complexity index is 494. The summed E-state index contributed by atoms with van der Waals surface area (Å²) in [6.45, 7) is 3.24. The maximum Gasteiger partial charge on any atom is 0.225 e. The van der Waals surface area contributed by atoms with Crippen LogP contribution in [-0.2, 0) is 4.79 Å². The van der Waals surface area contributed by atoms with Crippen LogP contribution in [0.2, 0.25) is 10.0 Å². The van der Waals surface area contributed by atoms with E-state index >= 15 is 0 Å². The summed E-state index contributed by atoms with van der Waals surface area (Å²) < 4.78 is 0. The van der Waals surface area contributed by atoms with E-state index in [1.54, 1.807) is 6.07 Å². The summed E-state index contributed by atoms with van der Waals surface area (Å²) in [7, 11) is 0. The van der Waals surface area contributed by atoms with Gasteiger partial charge in [0.1, 0.15) is 0 Å². The Kier molecular flexibility index (Phi) is 3.59. The Morgan fingerprint density at radius 3 is 2.37 bits per heavy atom. The predicted octanol–water partition coefficient (Wildman–Crippen LogP) is 3.05. The SMILES string of the molecule is O=C(C1CC1)N1CCN(c2ccc(Cl)cc2Cl)CC1. The van der Waals surface area contributed by atoms with Gasteiger partial charge >= 0.3 is 0 Å². The Balaban J connectivity index is 1.64. The highest BCUT2D eigenvalue weighted by molar-refractivity contribution is 6.36. The lowest BCUT2D eigenvalue weighted by atomic mass is 10.2. The van der Waals surface area contributed by atoms with Gasteiger partial charge in [-0.15, -0.1) is 0 Å². The number of amides is 1. The number of anilines is 1. The van der Waals surface area contributed by atoms with Gasteiger partial charge in [-0.3, -0.25) is 4.79 Å². The van der Waals surface area contributed by atoms with E-state index in [9.17, 15) is 4.79 Å². The number of piperazine rings is 1. The molecule has 0 bridgehead atoms. The van der Waals surface area contributed by atoms with Gasteiger partial charge in [-0.25, -0.2) is 0 Å². The van der Waals surface area contributed by atoms with Crippen LogP contribution in [0.5, 0.6) is 0 Å². The minimum Gasteiger partial charge on any atom is -0.367 e. The summed E-state index contributed by atoms with van der Waals surface area (Å²) in [6, 6.07) is 5.56. The molecule has 1 aromatic carbocycles. The molecule has 1 heterocycles. The molecule has 0 atom stereocenters. The summed E-state index contributed by atoms with van der Waals surface area (Å²) >= 11 is 12.1. The first-order valence-corrected chi connectivity index (χ1v) is 7.39. The molecule has 3 nitrogen and oxygen atoms in total. The van der Waals surface area contributed by atoms with Gasteiger partial charge in [0, 0.05) is 37.1 Å². The molecule has 0 spiro atoms. The van der Waals surface area contributed by atoms with E-state index < -0.39 is 0 Å². The summed E-state index contributed by atoms with van der Waals surface area (Å²) in [5, 5.41) is 1.32. The van der Waals surface area contributed by atoms with Gasteiger partial charge in [0.05, 0.1) is 10.7 Å². The normalized spacial score (nSPS) is 19.7. The average molecular weight is 299 g/mol. The van der Waals surface area contributed by atoms with Crippen LogP contribution in [0.3, 0.4) is 0 Å². The zero-order valence-electron chi connectivity index (χ0n) is 10.6. The molecular weight excluding hydrogens is 283 g/mol. The molecule has 3 rings (SSSR count). The predicted molar refractivity (Wildman–Crippen MR) is 78.0 cm³/mol. The van der Waals surface area contributed by atoms with Crippen LogP contribution in [0.15, 0.2) is 18.2 Å². The number of carbonyl (C=O) groups excluding carboxylic acids is 1. The molecule has 1 aliphatic carbocycles. The van der Waals surface area contributed by atoms with Crippen molar-refractivity contribution in [1.82, 2.24) is 4.90 Å². The highest BCUT2D eigenvalue weighted by atomic mass is 35.5. The molecule has 1 saturated carbocycles. The molecule has 2 aliphatic rings. The first-order chi connectivity index (χ1) is 9.15. The average Bonchev–Trinajstić information content (AvgIpc) is 3.22.